The van der Waals surface area contributed by atoms with Crippen LogP contribution in [0.25, 0.3) is 0 Å². The van der Waals surface area contributed by atoms with Crippen molar-refractivity contribution in [1.82, 2.24) is 5.32 Å². The maximum atomic E-state index is 12.4. The summed E-state index contributed by atoms with van der Waals surface area (Å²) in [6.45, 7) is 6.81. The zero-order valence-corrected chi connectivity index (χ0v) is 13.0. The Hall–Kier alpha value is -1.84. The zero-order chi connectivity index (χ0) is 15.5. The highest BCUT2D eigenvalue weighted by Gasteiger charge is 2.56. The van der Waals surface area contributed by atoms with Crippen LogP contribution in [0.3, 0.4) is 0 Å². The van der Waals surface area contributed by atoms with Gasteiger partial charge in [-0.2, -0.15) is 0 Å². The highest BCUT2D eigenvalue weighted by atomic mass is 16.2. The molecular formula is C17H24N2O2. The first-order valence-electron chi connectivity index (χ1n) is 7.61. The van der Waals surface area contributed by atoms with Gasteiger partial charge in [0, 0.05) is 12.2 Å². The molecule has 0 radical (unpaired) electrons. The summed E-state index contributed by atoms with van der Waals surface area (Å²) in [5, 5.41) is 5.79. The molecule has 2 amide bonds. The van der Waals surface area contributed by atoms with Crippen LogP contribution in [-0.4, -0.2) is 18.4 Å². The van der Waals surface area contributed by atoms with Gasteiger partial charge in [-0.1, -0.05) is 32.0 Å². The van der Waals surface area contributed by atoms with E-state index in [1.807, 2.05) is 31.2 Å². The summed E-state index contributed by atoms with van der Waals surface area (Å²) in [6.07, 6.45) is 2.21. The summed E-state index contributed by atoms with van der Waals surface area (Å²) in [6, 6.07) is 7.61. The third-order valence-electron chi connectivity index (χ3n) is 4.02. The number of hydrogen-bond donors (Lipinski definition) is 2. The van der Waals surface area contributed by atoms with Gasteiger partial charge in [-0.15, -0.1) is 0 Å². The lowest BCUT2D eigenvalue weighted by Gasteiger charge is -2.16. The van der Waals surface area contributed by atoms with Crippen LogP contribution in [0.4, 0.5) is 5.69 Å². The topological polar surface area (TPSA) is 58.2 Å². The lowest BCUT2D eigenvalue weighted by atomic mass is 10.0. The molecular weight excluding hydrogens is 264 g/mol. The van der Waals surface area contributed by atoms with E-state index in [1.165, 1.54) is 0 Å². The van der Waals surface area contributed by atoms with E-state index < -0.39 is 5.41 Å². The first-order valence-corrected chi connectivity index (χ1v) is 7.61. The predicted molar refractivity (Wildman–Crippen MR) is 83.9 cm³/mol. The van der Waals surface area contributed by atoms with Crippen molar-refractivity contribution in [3.05, 3.63) is 29.8 Å². The van der Waals surface area contributed by atoms with Crippen molar-refractivity contribution in [1.29, 1.82) is 0 Å². The lowest BCUT2D eigenvalue weighted by Crippen LogP contribution is -2.40. The fraction of sp³-hybridized carbons (Fsp3) is 0.529. The average molecular weight is 288 g/mol. The Labute approximate surface area is 126 Å². The van der Waals surface area contributed by atoms with E-state index in [2.05, 4.69) is 24.5 Å². The van der Waals surface area contributed by atoms with Crippen molar-refractivity contribution in [2.45, 2.75) is 40.0 Å². The van der Waals surface area contributed by atoms with Gasteiger partial charge >= 0.3 is 0 Å². The summed E-state index contributed by atoms with van der Waals surface area (Å²) in [7, 11) is 0. The zero-order valence-electron chi connectivity index (χ0n) is 13.0. The number of nitrogens with one attached hydrogen (secondary N) is 2. The molecule has 1 aliphatic carbocycles. The summed E-state index contributed by atoms with van der Waals surface area (Å²) in [5.74, 6) is 0.231. The van der Waals surface area contributed by atoms with Crippen LogP contribution in [0.2, 0.25) is 0 Å². The van der Waals surface area contributed by atoms with Gasteiger partial charge in [0.25, 0.3) is 0 Å². The summed E-state index contributed by atoms with van der Waals surface area (Å²) >= 11 is 0. The Morgan fingerprint density at radius 2 is 1.86 bits per heavy atom. The van der Waals surface area contributed by atoms with Crippen molar-refractivity contribution in [2.75, 3.05) is 11.9 Å². The molecule has 0 unspecified atom stereocenters. The number of aryl methyl sites for hydroxylation is 1. The second kappa shape index (κ2) is 6.29. The van der Waals surface area contributed by atoms with Crippen LogP contribution < -0.4 is 10.6 Å². The maximum absolute atomic E-state index is 12.4. The van der Waals surface area contributed by atoms with E-state index in [9.17, 15) is 9.59 Å². The van der Waals surface area contributed by atoms with E-state index in [-0.39, 0.29) is 11.8 Å². The average Bonchev–Trinajstić information content (AvgIpc) is 3.22. The molecule has 4 nitrogen and oxygen atoms in total. The molecule has 0 heterocycles. The number of benzene rings is 1. The SMILES string of the molecule is Cc1ccccc1NC(=O)C1(C(=O)NCCC(C)C)CC1. The van der Waals surface area contributed by atoms with Crippen LogP contribution in [0.1, 0.15) is 38.7 Å². The van der Waals surface area contributed by atoms with Gasteiger partial charge in [-0.25, -0.2) is 0 Å². The van der Waals surface area contributed by atoms with E-state index in [1.54, 1.807) is 0 Å². The lowest BCUT2D eigenvalue weighted by molar-refractivity contribution is -0.134. The largest absolute Gasteiger partial charge is 0.355 e. The Morgan fingerprint density at radius 1 is 1.19 bits per heavy atom. The first kappa shape index (κ1) is 15.5. The molecule has 0 bridgehead atoms. The standard InChI is InChI=1S/C17H24N2O2/c1-12(2)8-11-18-15(20)17(9-10-17)16(21)19-14-7-5-4-6-13(14)3/h4-7,12H,8-11H2,1-3H3,(H,18,20)(H,19,21). The van der Waals surface area contributed by atoms with Gasteiger partial charge in [0.1, 0.15) is 5.41 Å². The minimum absolute atomic E-state index is 0.130. The van der Waals surface area contributed by atoms with Gasteiger partial charge in [0.2, 0.25) is 11.8 Å². The second-order valence-corrected chi connectivity index (χ2v) is 6.29. The van der Waals surface area contributed by atoms with Crippen molar-refractivity contribution >= 4 is 17.5 Å². The Balaban J connectivity index is 1.95. The first-order chi connectivity index (χ1) is 9.95. The third kappa shape index (κ3) is 3.63. The molecule has 1 fully saturated rings. The molecule has 0 aromatic heterocycles. The fourth-order valence-electron chi connectivity index (χ4n) is 2.28. The normalized spacial score (nSPS) is 15.6. The van der Waals surface area contributed by atoms with Gasteiger partial charge in [0.15, 0.2) is 0 Å². The molecule has 21 heavy (non-hydrogen) atoms. The Kier molecular flexibility index (Phi) is 4.66. The van der Waals surface area contributed by atoms with Crippen LogP contribution in [0.15, 0.2) is 24.3 Å². The van der Waals surface area contributed by atoms with Crippen LogP contribution in [0.5, 0.6) is 0 Å². The molecule has 1 aliphatic rings. The molecule has 1 saturated carbocycles. The van der Waals surface area contributed by atoms with E-state index in [0.29, 0.717) is 25.3 Å². The molecule has 2 N–H and O–H groups in total. The Morgan fingerprint density at radius 3 is 2.43 bits per heavy atom. The van der Waals surface area contributed by atoms with Crippen LogP contribution in [-0.2, 0) is 9.59 Å². The quantitative estimate of drug-likeness (QED) is 0.791. The smallest absolute Gasteiger partial charge is 0.240 e. The van der Waals surface area contributed by atoms with E-state index >= 15 is 0 Å². The number of anilines is 1. The highest BCUT2D eigenvalue weighted by molar-refractivity contribution is 6.13. The second-order valence-electron chi connectivity index (χ2n) is 6.29. The molecule has 1 aromatic carbocycles. The molecule has 0 spiro atoms. The number of para-hydroxylation sites is 1. The monoisotopic (exact) mass is 288 g/mol. The molecule has 114 valence electrons. The number of carbonyl (C=O) groups is 2. The van der Waals surface area contributed by atoms with Crippen molar-refractivity contribution < 1.29 is 9.59 Å². The summed E-state index contributed by atoms with van der Waals surface area (Å²) in [4.78, 5) is 24.7. The highest BCUT2D eigenvalue weighted by Crippen LogP contribution is 2.47. The summed E-state index contributed by atoms with van der Waals surface area (Å²) < 4.78 is 0. The van der Waals surface area contributed by atoms with Crippen molar-refractivity contribution in [2.24, 2.45) is 11.3 Å². The molecule has 0 aliphatic heterocycles. The van der Waals surface area contributed by atoms with E-state index in [0.717, 1.165) is 17.7 Å². The van der Waals surface area contributed by atoms with E-state index in [4.69, 9.17) is 0 Å². The number of rotatable bonds is 6. The minimum Gasteiger partial charge on any atom is -0.355 e. The fourth-order valence-corrected chi connectivity index (χ4v) is 2.28. The number of carbonyl (C=O) groups excluding carboxylic acids is 2. The molecule has 1 aromatic rings. The number of amides is 2. The maximum Gasteiger partial charge on any atom is 0.240 e. The molecule has 0 saturated heterocycles. The van der Waals surface area contributed by atoms with Gasteiger partial charge in [-0.05, 0) is 43.7 Å². The third-order valence-corrected chi connectivity index (χ3v) is 4.02. The van der Waals surface area contributed by atoms with Gasteiger partial charge < -0.3 is 10.6 Å². The van der Waals surface area contributed by atoms with Crippen LogP contribution >= 0.6 is 0 Å². The number of hydrogen-bond acceptors (Lipinski definition) is 2. The molecule has 4 heteroatoms. The Bertz CT molecular complexity index is 533. The van der Waals surface area contributed by atoms with Crippen molar-refractivity contribution in [3.63, 3.8) is 0 Å². The predicted octanol–water partition coefficient (Wildman–Crippen LogP) is 2.88. The molecule has 2 rings (SSSR count). The van der Waals surface area contributed by atoms with Crippen molar-refractivity contribution in [3.8, 4) is 0 Å². The molecule has 0 atom stereocenters. The van der Waals surface area contributed by atoms with Crippen LogP contribution in [0, 0.1) is 18.3 Å². The van der Waals surface area contributed by atoms with Gasteiger partial charge in [-0.3, -0.25) is 9.59 Å². The van der Waals surface area contributed by atoms with Gasteiger partial charge in [0.05, 0.1) is 0 Å². The summed E-state index contributed by atoms with van der Waals surface area (Å²) in [5.41, 5.74) is 0.935. The minimum atomic E-state index is -0.848.